The number of terminal acetylenes is 1. The molecular weight excluding hydrogens is 230 g/mol. The summed E-state index contributed by atoms with van der Waals surface area (Å²) in [6, 6.07) is 0. The minimum absolute atomic E-state index is 0.102. The standard InChI is InChI=1S/C10H14BrNO/c1-3-6-12(7-9-4-5-9)10(13)8(2)11/h1,8-9H,4-7H2,2H3. The molecular formula is C10H14BrNO. The van der Waals surface area contributed by atoms with E-state index in [1.807, 2.05) is 6.92 Å². The Bertz CT molecular complexity index is 228. The van der Waals surface area contributed by atoms with Gasteiger partial charge in [-0.05, 0) is 25.7 Å². The highest BCUT2D eigenvalue weighted by Crippen LogP contribution is 2.29. The fourth-order valence-electron chi connectivity index (χ4n) is 1.21. The zero-order valence-electron chi connectivity index (χ0n) is 7.79. The third-order valence-electron chi connectivity index (χ3n) is 2.11. The first kappa shape index (κ1) is 10.6. The van der Waals surface area contributed by atoms with Crippen LogP contribution >= 0.6 is 15.9 Å². The van der Waals surface area contributed by atoms with E-state index in [0.29, 0.717) is 12.5 Å². The van der Waals surface area contributed by atoms with Gasteiger partial charge in [-0.3, -0.25) is 4.79 Å². The van der Waals surface area contributed by atoms with Gasteiger partial charge in [-0.25, -0.2) is 0 Å². The molecule has 0 radical (unpaired) electrons. The van der Waals surface area contributed by atoms with E-state index >= 15 is 0 Å². The summed E-state index contributed by atoms with van der Waals surface area (Å²) in [4.78, 5) is 13.2. The summed E-state index contributed by atoms with van der Waals surface area (Å²) in [5.41, 5.74) is 0. The molecule has 0 spiro atoms. The fourth-order valence-corrected chi connectivity index (χ4v) is 1.50. The molecule has 1 atom stereocenters. The second kappa shape index (κ2) is 4.66. The van der Waals surface area contributed by atoms with Crippen molar-refractivity contribution in [3.8, 4) is 12.3 Å². The lowest BCUT2D eigenvalue weighted by Crippen LogP contribution is -2.37. The average Bonchev–Trinajstić information content (AvgIpc) is 2.86. The van der Waals surface area contributed by atoms with Crippen molar-refractivity contribution in [1.29, 1.82) is 0 Å². The summed E-state index contributed by atoms with van der Waals surface area (Å²) in [5.74, 6) is 3.32. The first-order valence-corrected chi connectivity index (χ1v) is 5.43. The zero-order valence-corrected chi connectivity index (χ0v) is 9.38. The van der Waals surface area contributed by atoms with Crippen molar-refractivity contribution in [3.05, 3.63) is 0 Å². The Labute approximate surface area is 87.8 Å². The van der Waals surface area contributed by atoms with Crippen molar-refractivity contribution in [3.63, 3.8) is 0 Å². The number of amides is 1. The van der Waals surface area contributed by atoms with E-state index < -0.39 is 0 Å². The number of carbonyl (C=O) groups is 1. The van der Waals surface area contributed by atoms with Gasteiger partial charge in [0.05, 0.1) is 11.4 Å². The Balaban J connectivity index is 2.45. The minimum Gasteiger partial charge on any atom is -0.330 e. The van der Waals surface area contributed by atoms with Crippen LogP contribution in [0.4, 0.5) is 0 Å². The van der Waals surface area contributed by atoms with Gasteiger partial charge in [0, 0.05) is 6.54 Å². The van der Waals surface area contributed by atoms with Crippen LogP contribution in [-0.4, -0.2) is 28.7 Å². The van der Waals surface area contributed by atoms with Crippen LogP contribution in [0.2, 0.25) is 0 Å². The molecule has 2 nitrogen and oxygen atoms in total. The maximum Gasteiger partial charge on any atom is 0.236 e. The Morgan fingerprint density at radius 3 is 2.77 bits per heavy atom. The van der Waals surface area contributed by atoms with Crippen LogP contribution < -0.4 is 0 Å². The van der Waals surface area contributed by atoms with Crippen LogP contribution in [0.15, 0.2) is 0 Å². The first-order valence-electron chi connectivity index (χ1n) is 4.51. The van der Waals surface area contributed by atoms with E-state index in [9.17, 15) is 4.79 Å². The summed E-state index contributed by atoms with van der Waals surface area (Å²) in [6.07, 6.45) is 7.69. The molecule has 0 saturated heterocycles. The lowest BCUT2D eigenvalue weighted by Gasteiger charge is -2.21. The van der Waals surface area contributed by atoms with E-state index in [-0.39, 0.29) is 10.7 Å². The number of carbonyl (C=O) groups excluding carboxylic acids is 1. The monoisotopic (exact) mass is 243 g/mol. The Hall–Kier alpha value is -0.490. The maximum absolute atomic E-state index is 11.6. The Morgan fingerprint density at radius 2 is 2.38 bits per heavy atom. The molecule has 1 amide bonds. The number of rotatable bonds is 4. The Kier molecular flexibility index (Phi) is 3.80. The molecule has 0 heterocycles. The van der Waals surface area contributed by atoms with Crippen molar-refractivity contribution < 1.29 is 4.79 Å². The van der Waals surface area contributed by atoms with Crippen LogP contribution in [0.1, 0.15) is 19.8 Å². The SMILES string of the molecule is C#CCN(CC1CC1)C(=O)C(C)Br. The first-order chi connectivity index (χ1) is 6.15. The van der Waals surface area contributed by atoms with Crippen molar-refractivity contribution in [2.24, 2.45) is 5.92 Å². The highest BCUT2D eigenvalue weighted by molar-refractivity contribution is 9.10. The molecule has 1 saturated carbocycles. The molecule has 0 aromatic heterocycles. The summed E-state index contributed by atoms with van der Waals surface area (Å²) in [6.45, 7) is 3.10. The van der Waals surface area contributed by atoms with E-state index in [0.717, 1.165) is 6.54 Å². The van der Waals surface area contributed by atoms with Gasteiger partial charge in [-0.15, -0.1) is 6.42 Å². The quantitative estimate of drug-likeness (QED) is 0.543. The van der Waals surface area contributed by atoms with Crippen LogP contribution in [0.25, 0.3) is 0 Å². The minimum atomic E-state index is -0.125. The Morgan fingerprint density at radius 1 is 1.77 bits per heavy atom. The van der Waals surface area contributed by atoms with E-state index in [1.165, 1.54) is 12.8 Å². The molecule has 1 fully saturated rings. The average molecular weight is 244 g/mol. The van der Waals surface area contributed by atoms with Crippen molar-refractivity contribution in [1.82, 2.24) is 4.90 Å². The molecule has 13 heavy (non-hydrogen) atoms. The molecule has 1 aliphatic carbocycles. The van der Waals surface area contributed by atoms with Gasteiger partial charge in [0.2, 0.25) is 5.91 Å². The molecule has 0 N–H and O–H groups in total. The van der Waals surface area contributed by atoms with Gasteiger partial charge >= 0.3 is 0 Å². The van der Waals surface area contributed by atoms with Crippen molar-refractivity contribution >= 4 is 21.8 Å². The number of alkyl halides is 1. The molecule has 72 valence electrons. The largest absolute Gasteiger partial charge is 0.330 e. The summed E-state index contributed by atoms with van der Waals surface area (Å²) in [7, 11) is 0. The number of hydrogen-bond donors (Lipinski definition) is 0. The van der Waals surface area contributed by atoms with Gasteiger partial charge in [-0.1, -0.05) is 21.9 Å². The molecule has 3 heteroatoms. The molecule has 1 aliphatic rings. The third kappa shape index (κ3) is 3.40. The summed E-state index contributed by atoms with van der Waals surface area (Å²) in [5, 5.41) is 0. The highest BCUT2D eigenvalue weighted by Gasteiger charge is 2.27. The lowest BCUT2D eigenvalue weighted by atomic mass is 10.3. The molecule has 0 bridgehead atoms. The maximum atomic E-state index is 11.6. The molecule has 0 aromatic carbocycles. The van der Waals surface area contributed by atoms with Crippen LogP contribution in [-0.2, 0) is 4.79 Å². The van der Waals surface area contributed by atoms with Gasteiger partial charge in [0.25, 0.3) is 0 Å². The number of hydrogen-bond acceptors (Lipinski definition) is 1. The molecule has 1 unspecified atom stereocenters. The van der Waals surface area contributed by atoms with Gasteiger partial charge < -0.3 is 4.90 Å². The molecule has 0 aromatic rings. The van der Waals surface area contributed by atoms with Crippen LogP contribution in [0.3, 0.4) is 0 Å². The van der Waals surface area contributed by atoms with Gasteiger partial charge in [0.15, 0.2) is 0 Å². The topological polar surface area (TPSA) is 20.3 Å². The number of nitrogens with zero attached hydrogens (tertiary/aromatic N) is 1. The normalized spacial score (nSPS) is 17.6. The van der Waals surface area contributed by atoms with E-state index in [1.54, 1.807) is 4.90 Å². The second-order valence-electron chi connectivity index (χ2n) is 3.48. The molecule has 0 aliphatic heterocycles. The lowest BCUT2D eigenvalue weighted by molar-refractivity contribution is -0.129. The predicted molar refractivity (Wildman–Crippen MR) is 56.5 cm³/mol. The van der Waals surface area contributed by atoms with Gasteiger partial charge in [-0.2, -0.15) is 0 Å². The molecule has 1 rings (SSSR count). The van der Waals surface area contributed by atoms with E-state index in [2.05, 4.69) is 21.9 Å². The van der Waals surface area contributed by atoms with Gasteiger partial charge in [0.1, 0.15) is 0 Å². The highest BCUT2D eigenvalue weighted by atomic mass is 79.9. The fraction of sp³-hybridized carbons (Fsp3) is 0.700. The van der Waals surface area contributed by atoms with Crippen LogP contribution in [0.5, 0.6) is 0 Å². The van der Waals surface area contributed by atoms with Crippen LogP contribution in [0, 0.1) is 18.3 Å². The van der Waals surface area contributed by atoms with Crippen molar-refractivity contribution in [2.75, 3.05) is 13.1 Å². The van der Waals surface area contributed by atoms with Crippen molar-refractivity contribution in [2.45, 2.75) is 24.6 Å². The van der Waals surface area contributed by atoms with E-state index in [4.69, 9.17) is 6.42 Å². The third-order valence-corrected chi connectivity index (χ3v) is 2.50. The predicted octanol–water partition coefficient (Wildman–Crippen LogP) is 1.64. The summed E-state index contributed by atoms with van der Waals surface area (Å²) >= 11 is 3.26. The smallest absolute Gasteiger partial charge is 0.236 e. The summed E-state index contributed by atoms with van der Waals surface area (Å²) < 4.78 is 0. The second-order valence-corrected chi connectivity index (χ2v) is 4.86. The zero-order chi connectivity index (χ0) is 9.84. The number of halogens is 1.